The van der Waals surface area contributed by atoms with Gasteiger partial charge in [-0.3, -0.25) is 0 Å². The predicted molar refractivity (Wildman–Crippen MR) is 81.6 cm³/mol. The summed E-state index contributed by atoms with van der Waals surface area (Å²) in [7, 11) is 0. The Morgan fingerprint density at radius 2 is 1.83 bits per heavy atom. The van der Waals surface area contributed by atoms with Crippen molar-refractivity contribution in [2.75, 3.05) is 0 Å². The largest absolute Gasteiger partial charge is 0.311 e. The van der Waals surface area contributed by atoms with Crippen LogP contribution in [-0.4, -0.2) is 18.1 Å². The third-order valence-electron chi connectivity index (χ3n) is 4.05. The smallest absolute Gasteiger partial charge is 0.0320 e. The first-order valence-electron chi connectivity index (χ1n) is 6.64. The van der Waals surface area contributed by atoms with Gasteiger partial charge in [-0.15, -0.1) is 0 Å². The molecule has 2 nitrogen and oxygen atoms in total. The van der Waals surface area contributed by atoms with Crippen LogP contribution in [-0.2, 0) is 6.54 Å². The second-order valence-corrected chi connectivity index (χ2v) is 7.14. The molecule has 2 bridgehead atoms. The van der Waals surface area contributed by atoms with Crippen LogP contribution in [0.1, 0.15) is 31.2 Å². The minimum atomic E-state index is 0.686. The summed E-state index contributed by atoms with van der Waals surface area (Å²) in [6.45, 7) is 0.968. The van der Waals surface area contributed by atoms with E-state index in [4.69, 9.17) is 0 Å². The molecule has 18 heavy (non-hydrogen) atoms. The van der Waals surface area contributed by atoms with Gasteiger partial charge in [0.05, 0.1) is 0 Å². The Bertz CT molecular complexity index is 424. The van der Waals surface area contributed by atoms with Crippen LogP contribution in [0.3, 0.4) is 0 Å². The molecule has 2 fully saturated rings. The molecule has 0 saturated carbocycles. The molecule has 2 aliphatic heterocycles. The van der Waals surface area contributed by atoms with Gasteiger partial charge >= 0.3 is 0 Å². The highest BCUT2D eigenvalue weighted by Gasteiger charge is 2.32. The first-order valence-corrected chi connectivity index (χ1v) is 8.22. The van der Waals surface area contributed by atoms with E-state index in [1.807, 2.05) is 0 Å². The van der Waals surface area contributed by atoms with E-state index in [-0.39, 0.29) is 0 Å². The lowest BCUT2D eigenvalue weighted by Crippen LogP contribution is -2.46. The van der Waals surface area contributed by atoms with E-state index in [0.717, 1.165) is 27.6 Å². The molecule has 1 aromatic rings. The summed E-state index contributed by atoms with van der Waals surface area (Å²) < 4.78 is 2.25. The second kappa shape index (κ2) is 5.61. The summed E-state index contributed by atoms with van der Waals surface area (Å²) in [6.07, 6.45) is 5.31. The number of fused-ring (bicyclic) bond motifs is 2. The molecule has 1 aromatic carbocycles. The van der Waals surface area contributed by atoms with Crippen molar-refractivity contribution < 1.29 is 0 Å². The van der Waals surface area contributed by atoms with Crippen molar-refractivity contribution >= 4 is 31.9 Å². The Morgan fingerprint density at radius 3 is 2.50 bits per heavy atom. The molecular weight excluding hydrogens is 356 g/mol. The van der Waals surface area contributed by atoms with E-state index in [0.29, 0.717) is 6.04 Å². The van der Waals surface area contributed by atoms with Crippen LogP contribution in [0.2, 0.25) is 0 Å². The van der Waals surface area contributed by atoms with Crippen LogP contribution >= 0.6 is 31.9 Å². The van der Waals surface area contributed by atoms with Gasteiger partial charge in [0.25, 0.3) is 0 Å². The maximum absolute atomic E-state index is 3.71. The van der Waals surface area contributed by atoms with E-state index in [9.17, 15) is 0 Å². The molecular formula is C14H18Br2N2. The maximum Gasteiger partial charge on any atom is 0.0320 e. The highest BCUT2D eigenvalue weighted by atomic mass is 79.9. The van der Waals surface area contributed by atoms with E-state index in [1.165, 1.54) is 31.2 Å². The lowest BCUT2D eigenvalue weighted by atomic mass is 9.99. The van der Waals surface area contributed by atoms with Crippen LogP contribution in [0.15, 0.2) is 27.1 Å². The van der Waals surface area contributed by atoms with E-state index >= 15 is 0 Å². The van der Waals surface area contributed by atoms with Crippen molar-refractivity contribution in [3.8, 4) is 0 Å². The SMILES string of the molecule is Brc1ccc(CNC2CC3CCC(C2)N3)cc1Br. The van der Waals surface area contributed by atoms with Crippen molar-refractivity contribution in [1.82, 2.24) is 10.6 Å². The first-order chi connectivity index (χ1) is 8.70. The van der Waals surface area contributed by atoms with Crippen molar-refractivity contribution in [3.63, 3.8) is 0 Å². The monoisotopic (exact) mass is 372 g/mol. The maximum atomic E-state index is 3.71. The molecule has 2 heterocycles. The normalized spacial score (nSPS) is 30.7. The lowest BCUT2D eigenvalue weighted by Gasteiger charge is -2.29. The number of nitrogens with one attached hydrogen (secondary N) is 2. The molecule has 2 aliphatic rings. The molecule has 2 saturated heterocycles. The average Bonchev–Trinajstić information content (AvgIpc) is 2.70. The number of benzene rings is 1. The van der Waals surface area contributed by atoms with Crippen molar-refractivity contribution in [3.05, 3.63) is 32.7 Å². The Morgan fingerprint density at radius 1 is 1.11 bits per heavy atom. The highest BCUT2D eigenvalue weighted by Crippen LogP contribution is 2.27. The molecule has 0 aliphatic carbocycles. The van der Waals surface area contributed by atoms with Gasteiger partial charge in [0.2, 0.25) is 0 Å². The lowest BCUT2D eigenvalue weighted by molar-refractivity contribution is 0.316. The number of piperidine rings is 1. The number of rotatable bonds is 3. The van der Waals surface area contributed by atoms with Crippen molar-refractivity contribution in [1.29, 1.82) is 0 Å². The Kier molecular flexibility index (Phi) is 4.09. The van der Waals surface area contributed by atoms with Crippen LogP contribution < -0.4 is 10.6 Å². The first kappa shape index (κ1) is 13.1. The molecule has 0 amide bonds. The van der Waals surface area contributed by atoms with Gasteiger partial charge in [-0.05, 0) is 75.2 Å². The summed E-state index contributed by atoms with van der Waals surface area (Å²) in [5.74, 6) is 0. The topological polar surface area (TPSA) is 24.1 Å². The number of hydrogen-bond donors (Lipinski definition) is 2. The zero-order chi connectivity index (χ0) is 12.5. The molecule has 0 spiro atoms. The fraction of sp³-hybridized carbons (Fsp3) is 0.571. The molecule has 2 N–H and O–H groups in total. The zero-order valence-electron chi connectivity index (χ0n) is 10.3. The zero-order valence-corrected chi connectivity index (χ0v) is 13.4. The van der Waals surface area contributed by atoms with E-state index < -0.39 is 0 Å². The van der Waals surface area contributed by atoms with Gasteiger partial charge in [0.15, 0.2) is 0 Å². The minimum absolute atomic E-state index is 0.686. The van der Waals surface area contributed by atoms with Gasteiger partial charge in [-0.1, -0.05) is 6.07 Å². The summed E-state index contributed by atoms with van der Waals surface area (Å²) >= 11 is 7.06. The van der Waals surface area contributed by atoms with E-state index in [2.05, 4.69) is 60.7 Å². The van der Waals surface area contributed by atoms with E-state index in [1.54, 1.807) is 0 Å². The van der Waals surface area contributed by atoms with Crippen LogP contribution in [0, 0.1) is 0 Å². The molecule has 4 heteroatoms. The quantitative estimate of drug-likeness (QED) is 0.845. The fourth-order valence-electron chi connectivity index (χ4n) is 3.14. The molecule has 2 atom stereocenters. The van der Waals surface area contributed by atoms with Gasteiger partial charge < -0.3 is 10.6 Å². The van der Waals surface area contributed by atoms with Crippen molar-refractivity contribution in [2.45, 2.75) is 50.4 Å². The Labute approximate surface area is 125 Å². The summed E-state index contributed by atoms with van der Waals surface area (Å²) in [5, 5.41) is 7.39. The van der Waals surface area contributed by atoms with Crippen LogP contribution in [0.4, 0.5) is 0 Å². The molecule has 0 radical (unpaired) electrons. The standard InChI is InChI=1S/C14H18Br2N2/c15-13-4-1-9(5-14(13)16)8-17-12-6-10-2-3-11(7-12)18-10/h1,4-5,10-12,17-18H,2-3,6-8H2. The summed E-state index contributed by atoms with van der Waals surface area (Å²) in [4.78, 5) is 0. The van der Waals surface area contributed by atoms with Gasteiger partial charge in [-0.25, -0.2) is 0 Å². The second-order valence-electron chi connectivity index (χ2n) is 5.44. The average molecular weight is 374 g/mol. The third-order valence-corrected chi connectivity index (χ3v) is 5.93. The molecule has 3 rings (SSSR count). The van der Waals surface area contributed by atoms with Gasteiger partial charge in [-0.2, -0.15) is 0 Å². The predicted octanol–water partition coefficient (Wildman–Crippen LogP) is 3.58. The van der Waals surface area contributed by atoms with Crippen LogP contribution in [0.5, 0.6) is 0 Å². The molecule has 98 valence electrons. The Balaban J connectivity index is 1.56. The van der Waals surface area contributed by atoms with Gasteiger partial charge in [0.1, 0.15) is 0 Å². The highest BCUT2D eigenvalue weighted by molar-refractivity contribution is 9.13. The van der Waals surface area contributed by atoms with Crippen LogP contribution in [0.25, 0.3) is 0 Å². The van der Waals surface area contributed by atoms with Gasteiger partial charge in [0, 0.05) is 33.6 Å². The summed E-state index contributed by atoms with van der Waals surface area (Å²) in [5.41, 5.74) is 1.34. The third kappa shape index (κ3) is 2.98. The van der Waals surface area contributed by atoms with Crippen molar-refractivity contribution in [2.24, 2.45) is 0 Å². The fourth-order valence-corrected chi connectivity index (χ4v) is 3.81. The summed E-state index contributed by atoms with van der Waals surface area (Å²) in [6, 6.07) is 8.68. The molecule has 0 aromatic heterocycles. The molecule has 2 unspecified atom stereocenters. The Hall–Kier alpha value is 0.1000. The minimum Gasteiger partial charge on any atom is -0.311 e. The number of hydrogen-bond acceptors (Lipinski definition) is 2. The number of halogens is 2.